The summed E-state index contributed by atoms with van der Waals surface area (Å²) in [4.78, 5) is 26.9. The maximum Gasteiger partial charge on any atom is 0.317 e. The molecular weight excluding hydrogens is 234 g/mol. The van der Waals surface area contributed by atoms with Crippen LogP contribution in [0.4, 0.5) is 4.79 Å². The van der Waals surface area contributed by atoms with Gasteiger partial charge in [0, 0.05) is 25.2 Å². The second-order valence-corrected chi connectivity index (χ2v) is 5.36. The Morgan fingerprint density at radius 1 is 1.28 bits per heavy atom. The number of nitrogens with zero attached hydrogens (tertiary/aromatic N) is 2. The molecule has 0 spiro atoms. The first-order valence-electron chi connectivity index (χ1n) is 6.47. The number of likely N-dealkylation sites (tertiary alicyclic amines) is 2. The summed E-state index contributed by atoms with van der Waals surface area (Å²) in [6.07, 6.45) is 1.52. The van der Waals surface area contributed by atoms with Gasteiger partial charge in [-0.25, -0.2) is 4.79 Å². The highest BCUT2D eigenvalue weighted by atomic mass is 16.4. The van der Waals surface area contributed by atoms with Crippen LogP contribution in [0.1, 0.15) is 19.8 Å². The zero-order valence-electron chi connectivity index (χ0n) is 10.9. The van der Waals surface area contributed by atoms with E-state index in [-0.39, 0.29) is 18.1 Å². The van der Waals surface area contributed by atoms with Crippen LogP contribution in [0.2, 0.25) is 0 Å². The van der Waals surface area contributed by atoms with E-state index in [9.17, 15) is 9.59 Å². The molecule has 0 aromatic carbocycles. The van der Waals surface area contributed by atoms with Crippen LogP contribution in [0.5, 0.6) is 0 Å². The molecule has 2 aliphatic heterocycles. The molecule has 2 fully saturated rings. The van der Waals surface area contributed by atoms with Crippen LogP contribution >= 0.6 is 0 Å². The second-order valence-electron chi connectivity index (χ2n) is 5.36. The molecule has 2 rings (SSSR count). The normalized spacial score (nSPS) is 32.8. The van der Waals surface area contributed by atoms with Crippen LogP contribution in [0.25, 0.3) is 0 Å². The number of carboxylic acids is 1. The maximum atomic E-state index is 12.1. The summed E-state index contributed by atoms with van der Waals surface area (Å²) < 4.78 is 0. The number of urea groups is 1. The molecule has 0 radical (unpaired) electrons. The quantitative estimate of drug-likeness (QED) is 0.739. The van der Waals surface area contributed by atoms with Crippen LogP contribution in [0.15, 0.2) is 0 Å². The van der Waals surface area contributed by atoms with E-state index in [4.69, 9.17) is 5.11 Å². The number of nitrogens with one attached hydrogen (secondary N) is 1. The summed E-state index contributed by atoms with van der Waals surface area (Å²) in [7, 11) is 2.03. The minimum Gasteiger partial charge on any atom is -0.481 e. The number of likely N-dealkylation sites (N-methyl/N-ethyl adjacent to an activating group) is 1. The van der Waals surface area contributed by atoms with Gasteiger partial charge in [-0.05, 0) is 33.4 Å². The Bertz CT molecular complexity index is 347. The summed E-state index contributed by atoms with van der Waals surface area (Å²) in [5.74, 6) is -1.24. The van der Waals surface area contributed by atoms with Gasteiger partial charge in [-0.1, -0.05) is 0 Å². The van der Waals surface area contributed by atoms with Crippen molar-refractivity contribution in [1.82, 2.24) is 15.1 Å². The van der Waals surface area contributed by atoms with Gasteiger partial charge < -0.3 is 20.2 Å². The van der Waals surface area contributed by atoms with Crippen molar-refractivity contribution in [3.8, 4) is 0 Å². The third kappa shape index (κ3) is 2.58. The van der Waals surface area contributed by atoms with E-state index in [0.29, 0.717) is 13.0 Å². The molecule has 2 N–H and O–H groups in total. The average Bonchev–Trinajstić information content (AvgIpc) is 2.85. The first-order chi connectivity index (χ1) is 8.49. The molecular formula is C12H21N3O3. The number of carbonyl (C=O) groups is 2. The Balaban J connectivity index is 1.88. The molecule has 18 heavy (non-hydrogen) atoms. The average molecular weight is 255 g/mol. The zero-order valence-corrected chi connectivity index (χ0v) is 10.9. The first-order valence-corrected chi connectivity index (χ1v) is 6.47. The van der Waals surface area contributed by atoms with Crippen LogP contribution < -0.4 is 5.32 Å². The molecule has 3 atom stereocenters. The number of hydrogen-bond acceptors (Lipinski definition) is 3. The van der Waals surface area contributed by atoms with Crippen molar-refractivity contribution in [1.29, 1.82) is 0 Å². The van der Waals surface area contributed by atoms with E-state index in [1.54, 1.807) is 4.90 Å². The van der Waals surface area contributed by atoms with Gasteiger partial charge in [0.2, 0.25) is 0 Å². The lowest BCUT2D eigenvalue weighted by Gasteiger charge is -2.25. The van der Waals surface area contributed by atoms with Crippen molar-refractivity contribution in [3.05, 3.63) is 0 Å². The largest absolute Gasteiger partial charge is 0.481 e. The van der Waals surface area contributed by atoms with Crippen molar-refractivity contribution in [2.24, 2.45) is 5.92 Å². The first kappa shape index (κ1) is 13.1. The molecule has 0 aliphatic carbocycles. The van der Waals surface area contributed by atoms with Gasteiger partial charge in [0.25, 0.3) is 0 Å². The summed E-state index contributed by atoms with van der Waals surface area (Å²) in [5.41, 5.74) is 0. The van der Waals surface area contributed by atoms with Gasteiger partial charge in [-0.15, -0.1) is 0 Å². The maximum absolute atomic E-state index is 12.1. The highest BCUT2D eigenvalue weighted by Gasteiger charge is 2.38. The Morgan fingerprint density at radius 3 is 2.50 bits per heavy atom. The Kier molecular flexibility index (Phi) is 3.75. The van der Waals surface area contributed by atoms with Crippen LogP contribution in [-0.2, 0) is 4.79 Å². The van der Waals surface area contributed by atoms with Gasteiger partial charge in [0.1, 0.15) is 0 Å². The Morgan fingerprint density at radius 2 is 2.00 bits per heavy atom. The molecule has 2 heterocycles. The number of carbonyl (C=O) groups excluding carboxylic acids is 1. The van der Waals surface area contributed by atoms with Crippen molar-refractivity contribution >= 4 is 12.0 Å². The summed E-state index contributed by atoms with van der Waals surface area (Å²) in [6.45, 7) is 4.22. The van der Waals surface area contributed by atoms with Crippen molar-refractivity contribution < 1.29 is 14.7 Å². The van der Waals surface area contributed by atoms with Gasteiger partial charge in [0.05, 0.1) is 5.92 Å². The number of amides is 2. The predicted octanol–water partition coefficient (Wildman–Crippen LogP) is 0.195. The molecule has 0 aromatic heterocycles. The monoisotopic (exact) mass is 255 g/mol. The van der Waals surface area contributed by atoms with Gasteiger partial charge in [0.15, 0.2) is 0 Å². The molecule has 2 amide bonds. The number of hydrogen-bond donors (Lipinski definition) is 2. The summed E-state index contributed by atoms with van der Waals surface area (Å²) >= 11 is 0. The molecule has 102 valence electrons. The fourth-order valence-electron chi connectivity index (χ4n) is 2.87. The summed E-state index contributed by atoms with van der Waals surface area (Å²) in [6, 6.07) is -0.147. The standard InChI is InChI=1S/C12H21N3O3/c1-8-10(11(16)17)4-6-15(8)12(18)13-9-3-5-14(2)7-9/h8-10H,3-7H2,1-2H3,(H,13,18)(H,16,17). The molecule has 2 saturated heterocycles. The number of rotatable bonds is 2. The third-order valence-corrected chi connectivity index (χ3v) is 4.05. The van der Waals surface area contributed by atoms with Crippen LogP contribution in [0, 0.1) is 5.92 Å². The fourth-order valence-corrected chi connectivity index (χ4v) is 2.87. The SMILES string of the molecule is CC1C(C(=O)O)CCN1C(=O)NC1CCN(C)C1. The van der Waals surface area contributed by atoms with Crippen molar-refractivity contribution in [2.45, 2.75) is 31.8 Å². The zero-order chi connectivity index (χ0) is 13.3. The fraction of sp³-hybridized carbons (Fsp3) is 0.833. The van der Waals surface area contributed by atoms with Gasteiger partial charge >= 0.3 is 12.0 Å². The van der Waals surface area contributed by atoms with Gasteiger partial charge in [-0.2, -0.15) is 0 Å². The Hall–Kier alpha value is -1.30. The second kappa shape index (κ2) is 5.14. The minimum atomic E-state index is -0.807. The number of carboxylic acid groups (broad SMARTS) is 1. The minimum absolute atomic E-state index is 0.119. The summed E-state index contributed by atoms with van der Waals surface area (Å²) in [5, 5.41) is 12.0. The van der Waals surface area contributed by atoms with E-state index in [2.05, 4.69) is 10.2 Å². The molecule has 0 bridgehead atoms. The van der Waals surface area contributed by atoms with Crippen molar-refractivity contribution in [2.75, 3.05) is 26.7 Å². The highest BCUT2D eigenvalue weighted by molar-refractivity contribution is 5.78. The van der Waals surface area contributed by atoms with E-state index in [1.165, 1.54) is 0 Å². The predicted molar refractivity (Wildman–Crippen MR) is 66.3 cm³/mol. The lowest BCUT2D eigenvalue weighted by Crippen LogP contribution is -2.48. The van der Waals surface area contributed by atoms with E-state index >= 15 is 0 Å². The lowest BCUT2D eigenvalue weighted by molar-refractivity contribution is -0.142. The highest BCUT2D eigenvalue weighted by Crippen LogP contribution is 2.24. The lowest BCUT2D eigenvalue weighted by atomic mass is 10.0. The van der Waals surface area contributed by atoms with Crippen LogP contribution in [0.3, 0.4) is 0 Å². The molecule has 6 heteroatoms. The van der Waals surface area contributed by atoms with E-state index in [0.717, 1.165) is 19.5 Å². The number of aliphatic carboxylic acids is 1. The molecule has 6 nitrogen and oxygen atoms in total. The molecule has 3 unspecified atom stereocenters. The Labute approximate surface area is 107 Å². The topological polar surface area (TPSA) is 72.9 Å². The van der Waals surface area contributed by atoms with Gasteiger partial charge in [-0.3, -0.25) is 4.79 Å². The molecule has 0 aromatic rings. The third-order valence-electron chi connectivity index (χ3n) is 4.05. The molecule has 2 aliphatic rings. The van der Waals surface area contributed by atoms with E-state index in [1.807, 2.05) is 14.0 Å². The van der Waals surface area contributed by atoms with Crippen molar-refractivity contribution in [3.63, 3.8) is 0 Å². The van der Waals surface area contributed by atoms with Crippen LogP contribution in [-0.4, -0.2) is 65.7 Å². The van der Waals surface area contributed by atoms with E-state index < -0.39 is 11.9 Å². The smallest absolute Gasteiger partial charge is 0.317 e. The molecule has 0 saturated carbocycles.